The van der Waals surface area contributed by atoms with Crippen LogP contribution in [-0.2, 0) is 6.54 Å². The lowest BCUT2D eigenvalue weighted by Gasteiger charge is -2.27. The zero-order valence-electron chi connectivity index (χ0n) is 10.8. The minimum absolute atomic E-state index is 0.0889. The maximum atomic E-state index is 11.6. The van der Waals surface area contributed by atoms with E-state index in [1.807, 2.05) is 26.0 Å². The molecule has 1 rings (SSSR count). The minimum atomic E-state index is -0.886. The van der Waals surface area contributed by atoms with E-state index in [-0.39, 0.29) is 18.5 Å². The third-order valence-electron chi connectivity index (χ3n) is 2.90. The molecule has 0 bridgehead atoms. The van der Waals surface area contributed by atoms with Crippen LogP contribution in [-0.4, -0.2) is 23.3 Å². The van der Waals surface area contributed by atoms with Gasteiger partial charge < -0.3 is 15.7 Å². The molecular weight excluding hydrogens is 316 g/mol. The summed E-state index contributed by atoms with van der Waals surface area (Å²) >= 11 is 4.95. The molecular formula is C12H19BrN2O2S. The van der Waals surface area contributed by atoms with Gasteiger partial charge in [-0.3, -0.25) is 0 Å². The molecule has 0 aliphatic carbocycles. The molecule has 1 atom stereocenters. The van der Waals surface area contributed by atoms with Gasteiger partial charge in [0.05, 0.1) is 15.9 Å². The summed E-state index contributed by atoms with van der Waals surface area (Å²) in [7, 11) is 0. The van der Waals surface area contributed by atoms with E-state index in [0.29, 0.717) is 6.54 Å². The van der Waals surface area contributed by atoms with Crippen molar-refractivity contribution in [1.29, 1.82) is 0 Å². The first kappa shape index (κ1) is 15.5. The first-order valence-electron chi connectivity index (χ1n) is 5.79. The summed E-state index contributed by atoms with van der Waals surface area (Å²) in [6.45, 7) is 6.29. The van der Waals surface area contributed by atoms with Gasteiger partial charge in [0.15, 0.2) is 0 Å². The summed E-state index contributed by atoms with van der Waals surface area (Å²) in [6.07, 6.45) is 0. The van der Waals surface area contributed by atoms with E-state index in [1.165, 1.54) is 0 Å². The SMILES string of the molecule is CC(C)C(C)(O)CNC(=O)NCc1ccc(Br)s1. The molecule has 1 aromatic rings. The molecule has 2 amide bonds. The molecule has 4 nitrogen and oxygen atoms in total. The molecule has 0 radical (unpaired) electrons. The van der Waals surface area contributed by atoms with Crippen LogP contribution in [0.4, 0.5) is 4.79 Å². The monoisotopic (exact) mass is 334 g/mol. The van der Waals surface area contributed by atoms with Gasteiger partial charge in [0.25, 0.3) is 0 Å². The topological polar surface area (TPSA) is 61.4 Å². The van der Waals surface area contributed by atoms with E-state index >= 15 is 0 Å². The van der Waals surface area contributed by atoms with Crippen LogP contribution in [0.3, 0.4) is 0 Å². The third kappa shape index (κ3) is 4.96. The van der Waals surface area contributed by atoms with E-state index < -0.39 is 5.60 Å². The first-order valence-corrected chi connectivity index (χ1v) is 7.40. The third-order valence-corrected chi connectivity index (χ3v) is 4.53. The highest BCUT2D eigenvalue weighted by atomic mass is 79.9. The lowest BCUT2D eigenvalue weighted by Crippen LogP contribution is -2.47. The molecule has 3 N–H and O–H groups in total. The van der Waals surface area contributed by atoms with Crippen molar-refractivity contribution in [2.75, 3.05) is 6.54 Å². The van der Waals surface area contributed by atoms with Gasteiger partial charge in [0, 0.05) is 11.4 Å². The molecule has 1 aromatic heterocycles. The zero-order chi connectivity index (χ0) is 13.8. The van der Waals surface area contributed by atoms with Gasteiger partial charge in [-0.15, -0.1) is 11.3 Å². The van der Waals surface area contributed by atoms with Crippen molar-refractivity contribution < 1.29 is 9.90 Å². The number of carbonyl (C=O) groups is 1. The van der Waals surface area contributed by atoms with E-state index in [2.05, 4.69) is 26.6 Å². The number of rotatable bonds is 5. The molecule has 6 heteroatoms. The van der Waals surface area contributed by atoms with Crippen molar-refractivity contribution in [3.8, 4) is 0 Å². The summed E-state index contributed by atoms with van der Waals surface area (Å²) in [4.78, 5) is 12.6. The maximum absolute atomic E-state index is 11.6. The Hall–Kier alpha value is -0.590. The van der Waals surface area contributed by atoms with Crippen LogP contribution >= 0.6 is 27.3 Å². The highest BCUT2D eigenvalue weighted by molar-refractivity contribution is 9.11. The highest BCUT2D eigenvalue weighted by Gasteiger charge is 2.25. The van der Waals surface area contributed by atoms with Gasteiger partial charge in [-0.2, -0.15) is 0 Å². The predicted octanol–water partition coefficient (Wildman–Crippen LogP) is 2.72. The van der Waals surface area contributed by atoms with Gasteiger partial charge in [-0.05, 0) is 40.9 Å². The van der Waals surface area contributed by atoms with Crippen molar-refractivity contribution in [2.45, 2.75) is 32.9 Å². The van der Waals surface area contributed by atoms with Gasteiger partial charge >= 0.3 is 6.03 Å². The van der Waals surface area contributed by atoms with Gasteiger partial charge in [0.1, 0.15) is 0 Å². The Labute approximate surface area is 120 Å². The Balaban J connectivity index is 2.30. The van der Waals surface area contributed by atoms with Crippen LogP contribution in [0.15, 0.2) is 15.9 Å². The van der Waals surface area contributed by atoms with Crippen molar-refractivity contribution in [2.24, 2.45) is 5.92 Å². The largest absolute Gasteiger partial charge is 0.388 e. The molecule has 0 aliphatic rings. The number of urea groups is 1. The molecule has 1 heterocycles. The molecule has 18 heavy (non-hydrogen) atoms. The number of halogens is 1. The lowest BCUT2D eigenvalue weighted by molar-refractivity contribution is 0.0166. The number of thiophene rings is 1. The lowest BCUT2D eigenvalue weighted by atomic mass is 9.93. The number of nitrogens with one attached hydrogen (secondary N) is 2. The molecule has 0 aliphatic heterocycles. The predicted molar refractivity (Wildman–Crippen MR) is 77.7 cm³/mol. The second-order valence-electron chi connectivity index (χ2n) is 4.75. The van der Waals surface area contributed by atoms with E-state index in [0.717, 1.165) is 8.66 Å². The normalized spacial score (nSPS) is 14.3. The van der Waals surface area contributed by atoms with E-state index in [9.17, 15) is 9.90 Å². The zero-order valence-corrected chi connectivity index (χ0v) is 13.2. The van der Waals surface area contributed by atoms with E-state index in [1.54, 1.807) is 18.3 Å². The Morgan fingerprint density at radius 2 is 2.17 bits per heavy atom. The maximum Gasteiger partial charge on any atom is 0.315 e. The second-order valence-corrected chi connectivity index (χ2v) is 7.30. The standard InChI is InChI=1S/C12H19BrN2O2S/c1-8(2)12(3,17)7-15-11(16)14-6-9-4-5-10(13)18-9/h4-5,8,17H,6-7H2,1-3H3,(H2,14,15,16). The quantitative estimate of drug-likeness (QED) is 0.775. The number of carbonyl (C=O) groups excluding carboxylic acids is 1. The minimum Gasteiger partial charge on any atom is -0.388 e. The second kappa shape index (κ2) is 6.54. The van der Waals surface area contributed by atoms with Crippen LogP contribution in [0, 0.1) is 5.92 Å². The average molecular weight is 335 g/mol. The fraction of sp³-hybridized carbons (Fsp3) is 0.583. The van der Waals surface area contributed by atoms with Gasteiger partial charge in [0.2, 0.25) is 0 Å². The molecule has 102 valence electrons. The fourth-order valence-corrected chi connectivity index (χ4v) is 2.56. The van der Waals surface area contributed by atoms with Gasteiger partial charge in [-0.25, -0.2) is 4.79 Å². The number of aliphatic hydroxyl groups is 1. The molecule has 0 saturated heterocycles. The molecule has 0 fully saturated rings. The van der Waals surface area contributed by atoms with Crippen LogP contribution in [0.5, 0.6) is 0 Å². The summed E-state index contributed by atoms with van der Waals surface area (Å²) < 4.78 is 1.04. The summed E-state index contributed by atoms with van der Waals surface area (Å²) in [5.41, 5.74) is -0.886. The number of hydrogen-bond donors (Lipinski definition) is 3. The van der Waals surface area contributed by atoms with Gasteiger partial charge in [-0.1, -0.05) is 13.8 Å². The molecule has 0 aromatic carbocycles. The Morgan fingerprint density at radius 1 is 1.50 bits per heavy atom. The van der Waals surface area contributed by atoms with E-state index in [4.69, 9.17) is 0 Å². The molecule has 1 unspecified atom stereocenters. The van der Waals surface area contributed by atoms with Crippen LogP contribution in [0.25, 0.3) is 0 Å². The Kier molecular flexibility index (Phi) is 5.62. The molecule has 0 spiro atoms. The van der Waals surface area contributed by atoms with Crippen LogP contribution < -0.4 is 10.6 Å². The van der Waals surface area contributed by atoms with Crippen molar-refractivity contribution in [1.82, 2.24) is 10.6 Å². The van der Waals surface area contributed by atoms with Crippen LogP contribution in [0.2, 0.25) is 0 Å². The highest BCUT2D eigenvalue weighted by Crippen LogP contribution is 2.21. The van der Waals surface area contributed by atoms with Crippen molar-refractivity contribution in [3.05, 3.63) is 20.8 Å². The molecule has 0 saturated carbocycles. The summed E-state index contributed by atoms with van der Waals surface area (Å²) in [6, 6.07) is 3.64. The average Bonchev–Trinajstić information content (AvgIpc) is 2.69. The smallest absolute Gasteiger partial charge is 0.315 e. The summed E-state index contributed by atoms with van der Waals surface area (Å²) in [5.74, 6) is 0.0889. The van der Waals surface area contributed by atoms with Crippen molar-refractivity contribution >= 4 is 33.3 Å². The number of hydrogen-bond acceptors (Lipinski definition) is 3. The number of amides is 2. The fourth-order valence-electron chi connectivity index (χ4n) is 1.14. The first-order chi connectivity index (χ1) is 8.31. The van der Waals surface area contributed by atoms with Crippen molar-refractivity contribution in [3.63, 3.8) is 0 Å². The Morgan fingerprint density at radius 3 is 2.67 bits per heavy atom. The Bertz CT molecular complexity index is 405. The van der Waals surface area contributed by atoms with Crippen LogP contribution in [0.1, 0.15) is 25.6 Å². The summed E-state index contributed by atoms with van der Waals surface area (Å²) in [5, 5.41) is 15.4.